The van der Waals surface area contributed by atoms with Crippen molar-refractivity contribution in [3.8, 4) is 5.75 Å². The second-order valence-corrected chi connectivity index (χ2v) is 2.27. The molecule has 1 rings (SSSR count). The monoisotopic (exact) mass is 152 g/mol. The Bertz CT molecular complexity index is 252. The number of pyridine rings is 1. The highest BCUT2D eigenvalue weighted by Crippen LogP contribution is 2.11. The van der Waals surface area contributed by atoms with Crippen LogP contribution in [-0.2, 0) is 13.6 Å². The lowest BCUT2D eigenvalue weighted by Crippen LogP contribution is -2.32. The van der Waals surface area contributed by atoms with E-state index in [0.29, 0.717) is 5.69 Å². The van der Waals surface area contributed by atoms with Crippen LogP contribution in [0.25, 0.3) is 0 Å². The number of hydrogen-bond donors (Lipinski definition) is 2. The van der Waals surface area contributed by atoms with Gasteiger partial charge in [-0.15, -0.1) is 0 Å². The Morgan fingerprint density at radius 3 is 3.00 bits per heavy atom. The Morgan fingerprint density at radius 1 is 1.73 bits per heavy atom. The van der Waals surface area contributed by atoms with E-state index in [0.717, 1.165) is 0 Å². The predicted octanol–water partition coefficient (Wildman–Crippen LogP) is 0.748. The average molecular weight is 152 g/mol. The molecule has 0 aliphatic heterocycles. The molecule has 0 aliphatic carbocycles. The van der Waals surface area contributed by atoms with Gasteiger partial charge in [-0.05, 0) is 6.07 Å². The van der Waals surface area contributed by atoms with Crippen LogP contribution in [0.15, 0.2) is 23.4 Å². The molecule has 1 aromatic heterocycles. The van der Waals surface area contributed by atoms with Gasteiger partial charge in [0, 0.05) is 6.07 Å². The van der Waals surface area contributed by atoms with Gasteiger partial charge < -0.3 is 5.11 Å². The van der Waals surface area contributed by atoms with Crippen LogP contribution in [0, 0.1) is 5.53 Å². The van der Waals surface area contributed by atoms with Gasteiger partial charge in [0.15, 0.2) is 11.9 Å². The Labute approximate surface area is 64.6 Å². The summed E-state index contributed by atoms with van der Waals surface area (Å²) in [7, 11) is 1.81. The van der Waals surface area contributed by atoms with Crippen molar-refractivity contribution in [1.82, 2.24) is 0 Å². The van der Waals surface area contributed by atoms with Gasteiger partial charge in [0.05, 0.1) is 0 Å². The maximum absolute atomic E-state index is 9.26. The van der Waals surface area contributed by atoms with Gasteiger partial charge in [0.25, 0.3) is 0 Å². The molecular weight excluding hydrogens is 142 g/mol. The van der Waals surface area contributed by atoms with Crippen molar-refractivity contribution in [2.75, 3.05) is 0 Å². The molecule has 0 saturated heterocycles. The molecule has 1 heterocycles. The number of hydrogen-bond acceptors (Lipinski definition) is 3. The smallest absolute Gasteiger partial charge is 0.246 e. The van der Waals surface area contributed by atoms with Crippen molar-refractivity contribution in [3.63, 3.8) is 0 Å². The summed E-state index contributed by atoms with van der Waals surface area (Å²) in [6.07, 6.45) is 1.81. The van der Waals surface area contributed by atoms with Crippen LogP contribution in [0.3, 0.4) is 0 Å². The zero-order chi connectivity index (χ0) is 8.27. The number of aromatic hydroxyl groups is 1. The number of nitrogens with zero attached hydrogens (tertiary/aromatic N) is 2. The Balaban J connectivity index is 3.09. The van der Waals surface area contributed by atoms with E-state index in [-0.39, 0.29) is 12.3 Å². The van der Waals surface area contributed by atoms with Crippen molar-refractivity contribution in [2.24, 2.45) is 12.2 Å². The molecule has 4 nitrogen and oxygen atoms in total. The topological polar surface area (TPSA) is 60.3 Å². The summed E-state index contributed by atoms with van der Waals surface area (Å²) in [6, 6.07) is 3.32. The van der Waals surface area contributed by atoms with E-state index in [4.69, 9.17) is 5.53 Å². The summed E-state index contributed by atoms with van der Waals surface area (Å²) in [5.74, 6) is 0.186. The number of nitrogens with one attached hydrogen (secondary N) is 1. The molecule has 0 unspecified atom stereocenters. The number of aryl methyl sites for hydroxylation is 1. The fourth-order valence-electron chi connectivity index (χ4n) is 0.898. The molecule has 0 radical (unpaired) electrons. The summed E-state index contributed by atoms with van der Waals surface area (Å²) in [6.45, 7) is 0.225. The van der Waals surface area contributed by atoms with Gasteiger partial charge in [-0.2, -0.15) is 5.11 Å². The fourth-order valence-corrected chi connectivity index (χ4v) is 0.898. The van der Waals surface area contributed by atoms with Gasteiger partial charge in [0.1, 0.15) is 13.6 Å². The van der Waals surface area contributed by atoms with Crippen LogP contribution in [0.4, 0.5) is 0 Å². The normalized spacial score (nSPS) is 9.55. The maximum atomic E-state index is 9.26. The largest absolute Gasteiger partial charge is 0.502 e. The van der Waals surface area contributed by atoms with E-state index in [1.54, 1.807) is 29.9 Å². The minimum Gasteiger partial charge on any atom is -0.502 e. The maximum Gasteiger partial charge on any atom is 0.246 e. The minimum atomic E-state index is 0.186. The van der Waals surface area contributed by atoms with Gasteiger partial charge in [0.2, 0.25) is 5.69 Å². The van der Waals surface area contributed by atoms with Crippen LogP contribution in [-0.4, -0.2) is 5.11 Å². The van der Waals surface area contributed by atoms with Gasteiger partial charge >= 0.3 is 0 Å². The molecular formula is C7H10N3O+. The Morgan fingerprint density at radius 2 is 2.45 bits per heavy atom. The molecule has 0 atom stereocenters. The number of aromatic nitrogens is 1. The second kappa shape index (κ2) is 3.09. The summed E-state index contributed by atoms with van der Waals surface area (Å²) in [5.41, 5.74) is 7.29. The van der Waals surface area contributed by atoms with Gasteiger partial charge in [-0.1, -0.05) is 0 Å². The van der Waals surface area contributed by atoms with Gasteiger partial charge in [-0.25, -0.2) is 10.1 Å². The first-order valence-corrected chi connectivity index (χ1v) is 3.25. The highest BCUT2D eigenvalue weighted by atomic mass is 16.3. The molecule has 0 aliphatic rings. The van der Waals surface area contributed by atoms with Crippen molar-refractivity contribution in [1.29, 1.82) is 5.53 Å². The van der Waals surface area contributed by atoms with Gasteiger partial charge in [-0.3, -0.25) is 0 Å². The van der Waals surface area contributed by atoms with Crippen LogP contribution >= 0.6 is 0 Å². The second-order valence-electron chi connectivity index (χ2n) is 2.27. The van der Waals surface area contributed by atoms with Crippen LogP contribution in [0.2, 0.25) is 0 Å². The molecule has 0 aromatic carbocycles. The van der Waals surface area contributed by atoms with Crippen molar-refractivity contribution >= 4 is 0 Å². The summed E-state index contributed by atoms with van der Waals surface area (Å²) >= 11 is 0. The Hall–Kier alpha value is -1.45. The van der Waals surface area contributed by atoms with E-state index < -0.39 is 0 Å². The molecule has 1 aromatic rings. The molecule has 11 heavy (non-hydrogen) atoms. The molecule has 0 spiro atoms. The fraction of sp³-hybridized carbons (Fsp3) is 0.286. The van der Waals surface area contributed by atoms with Crippen LogP contribution in [0.1, 0.15) is 5.69 Å². The molecule has 2 N–H and O–H groups in total. The predicted molar refractivity (Wildman–Crippen MR) is 38.1 cm³/mol. The standard InChI is InChI=1S/C7H9N3O/c1-10-4-2-3-7(11)6(10)5-9-8/h2-4,8H,5H2,1H3/p+1. The molecule has 0 bridgehead atoms. The summed E-state index contributed by atoms with van der Waals surface area (Å²) in [4.78, 5) is 0. The quantitative estimate of drug-likeness (QED) is 0.476. The number of rotatable bonds is 2. The van der Waals surface area contributed by atoms with Crippen LogP contribution < -0.4 is 4.57 Å². The molecule has 0 saturated carbocycles. The van der Waals surface area contributed by atoms with E-state index >= 15 is 0 Å². The first kappa shape index (κ1) is 7.65. The first-order chi connectivity index (χ1) is 5.25. The van der Waals surface area contributed by atoms with Crippen molar-refractivity contribution in [2.45, 2.75) is 6.54 Å². The molecule has 58 valence electrons. The zero-order valence-corrected chi connectivity index (χ0v) is 6.28. The van der Waals surface area contributed by atoms with Crippen molar-refractivity contribution in [3.05, 3.63) is 24.0 Å². The van der Waals surface area contributed by atoms with Crippen molar-refractivity contribution < 1.29 is 9.67 Å². The highest BCUT2D eigenvalue weighted by Gasteiger charge is 2.10. The summed E-state index contributed by atoms with van der Waals surface area (Å²) < 4.78 is 1.74. The molecule has 4 heteroatoms. The van der Waals surface area contributed by atoms with E-state index in [1.165, 1.54) is 0 Å². The molecule has 0 amide bonds. The summed E-state index contributed by atoms with van der Waals surface area (Å²) in [5, 5.41) is 12.5. The first-order valence-electron chi connectivity index (χ1n) is 3.25. The third-order valence-corrected chi connectivity index (χ3v) is 1.51. The molecule has 0 fully saturated rings. The van der Waals surface area contributed by atoms with E-state index in [1.807, 2.05) is 0 Å². The average Bonchev–Trinajstić information content (AvgIpc) is 1.97. The lowest BCUT2D eigenvalue weighted by atomic mass is 10.3. The minimum absolute atomic E-state index is 0.186. The Kier molecular flexibility index (Phi) is 2.15. The lowest BCUT2D eigenvalue weighted by Gasteiger charge is -1.96. The zero-order valence-electron chi connectivity index (χ0n) is 6.28. The van der Waals surface area contributed by atoms with Crippen LogP contribution in [0.5, 0.6) is 5.75 Å². The van der Waals surface area contributed by atoms with E-state index in [9.17, 15) is 5.11 Å². The highest BCUT2D eigenvalue weighted by molar-refractivity contribution is 5.20. The SMILES string of the molecule is C[n+]1cccc(O)c1CN=N. The third-order valence-electron chi connectivity index (χ3n) is 1.51. The lowest BCUT2D eigenvalue weighted by molar-refractivity contribution is -0.679. The third kappa shape index (κ3) is 1.52. The van der Waals surface area contributed by atoms with E-state index in [2.05, 4.69) is 5.11 Å².